The van der Waals surface area contributed by atoms with Gasteiger partial charge in [-0.15, -0.1) is 0 Å². The van der Waals surface area contributed by atoms with Gasteiger partial charge in [-0.05, 0) is 12.1 Å². The number of anilines is 1. The molecule has 0 aliphatic carbocycles. The van der Waals surface area contributed by atoms with Gasteiger partial charge in [0, 0.05) is 18.8 Å². The molecule has 1 unspecified atom stereocenters. The quantitative estimate of drug-likeness (QED) is 0.826. The number of hydrogen-bond acceptors (Lipinski definition) is 4. The highest BCUT2D eigenvalue weighted by Crippen LogP contribution is 2.27. The number of hydrazone groups is 1. The van der Waals surface area contributed by atoms with E-state index in [1.807, 2.05) is 0 Å². The minimum atomic E-state index is -0.936. The Balaban J connectivity index is 2.34. The van der Waals surface area contributed by atoms with E-state index < -0.39 is 12.0 Å². The fraction of sp³-hybridized carbons (Fsp3) is 0.222. The van der Waals surface area contributed by atoms with Crippen molar-refractivity contribution in [3.63, 3.8) is 0 Å². The molecule has 2 heterocycles. The van der Waals surface area contributed by atoms with Gasteiger partial charge in [-0.25, -0.2) is 14.8 Å². The standard InChI is InChI=1S/C9H8ClN3O2/c10-6-2-1-4-11-8(6)13-7(9(14)15)3-5-12-13/h1-2,4-5,7H,3H2,(H,14,15). The Bertz CT molecular complexity index is 422. The summed E-state index contributed by atoms with van der Waals surface area (Å²) in [7, 11) is 0. The number of carbonyl (C=O) groups is 1. The Labute approximate surface area is 91.0 Å². The molecule has 1 atom stereocenters. The summed E-state index contributed by atoms with van der Waals surface area (Å²) < 4.78 is 0. The van der Waals surface area contributed by atoms with Gasteiger partial charge in [-0.2, -0.15) is 5.10 Å². The lowest BCUT2D eigenvalue weighted by molar-refractivity contribution is -0.138. The summed E-state index contributed by atoms with van der Waals surface area (Å²) in [6.45, 7) is 0. The van der Waals surface area contributed by atoms with Crippen molar-refractivity contribution in [3.05, 3.63) is 23.4 Å². The average Bonchev–Trinajstić information content (AvgIpc) is 2.67. The van der Waals surface area contributed by atoms with Crippen molar-refractivity contribution in [2.75, 3.05) is 5.01 Å². The summed E-state index contributed by atoms with van der Waals surface area (Å²) in [5, 5.41) is 14.6. The monoisotopic (exact) mass is 225 g/mol. The summed E-state index contributed by atoms with van der Waals surface area (Å²) in [6.07, 6.45) is 3.46. The molecule has 0 amide bonds. The van der Waals surface area contributed by atoms with Crippen LogP contribution in [0.3, 0.4) is 0 Å². The van der Waals surface area contributed by atoms with Crippen molar-refractivity contribution in [3.8, 4) is 0 Å². The van der Waals surface area contributed by atoms with Gasteiger partial charge in [-0.1, -0.05) is 11.6 Å². The van der Waals surface area contributed by atoms with Crippen molar-refractivity contribution in [1.82, 2.24) is 4.98 Å². The van der Waals surface area contributed by atoms with Crippen molar-refractivity contribution >= 4 is 29.6 Å². The fourth-order valence-corrected chi connectivity index (χ4v) is 1.58. The second-order valence-electron chi connectivity index (χ2n) is 3.04. The van der Waals surface area contributed by atoms with Crippen LogP contribution in [0.4, 0.5) is 5.82 Å². The molecule has 1 N–H and O–H groups in total. The average molecular weight is 226 g/mol. The van der Waals surface area contributed by atoms with Gasteiger partial charge in [0.2, 0.25) is 0 Å². The molecule has 0 aromatic carbocycles. The summed E-state index contributed by atoms with van der Waals surface area (Å²) in [6, 6.07) is 2.62. The highest BCUT2D eigenvalue weighted by Gasteiger charge is 2.30. The number of hydrogen-bond donors (Lipinski definition) is 1. The Morgan fingerprint density at radius 1 is 1.67 bits per heavy atom. The highest BCUT2D eigenvalue weighted by atomic mass is 35.5. The van der Waals surface area contributed by atoms with Gasteiger partial charge < -0.3 is 5.11 Å². The van der Waals surface area contributed by atoms with Crippen LogP contribution in [-0.4, -0.2) is 28.3 Å². The predicted molar refractivity (Wildman–Crippen MR) is 56.3 cm³/mol. The first-order valence-electron chi connectivity index (χ1n) is 4.35. The van der Waals surface area contributed by atoms with E-state index in [2.05, 4.69) is 10.1 Å². The molecular formula is C9H8ClN3O2. The molecule has 0 saturated carbocycles. The molecule has 0 spiro atoms. The number of nitrogens with zero attached hydrogens (tertiary/aromatic N) is 3. The molecule has 0 bridgehead atoms. The van der Waals surface area contributed by atoms with E-state index in [4.69, 9.17) is 16.7 Å². The zero-order valence-corrected chi connectivity index (χ0v) is 8.42. The lowest BCUT2D eigenvalue weighted by atomic mass is 10.2. The van der Waals surface area contributed by atoms with Gasteiger partial charge >= 0.3 is 5.97 Å². The van der Waals surface area contributed by atoms with Crippen molar-refractivity contribution in [1.29, 1.82) is 0 Å². The summed E-state index contributed by atoms with van der Waals surface area (Å²) in [4.78, 5) is 14.9. The second-order valence-corrected chi connectivity index (χ2v) is 3.45. The molecule has 15 heavy (non-hydrogen) atoms. The van der Waals surface area contributed by atoms with Gasteiger partial charge in [0.25, 0.3) is 0 Å². The number of carboxylic acids is 1. The molecule has 0 radical (unpaired) electrons. The van der Waals surface area contributed by atoms with Gasteiger partial charge in [0.15, 0.2) is 11.9 Å². The SMILES string of the molecule is O=C(O)C1CC=NN1c1ncccc1Cl. The summed E-state index contributed by atoms with van der Waals surface area (Å²) in [5.41, 5.74) is 0. The Hall–Kier alpha value is -1.62. The zero-order chi connectivity index (χ0) is 10.8. The van der Waals surface area contributed by atoms with Crippen molar-refractivity contribution in [2.45, 2.75) is 12.5 Å². The lowest BCUT2D eigenvalue weighted by Crippen LogP contribution is -2.34. The molecule has 1 aromatic rings. The summed E-state index contributed by atoms with van der Waals surface area (Å²) >= 11 is 5.90. The van der Waals surface area contributed by atoms with Gasteiger partial charge in [0.05, 0.1) is 5.02 Å². The van der Waals surface area contributed by atoms with E-state index in [-0.39, 0.29) is 0 Å². The topological polar surface area (TPSA) is 65.8 Å². The minimum Gasteiger partial charge on any atom is -0.480 e. The third-order valence-corrected chi connectivity index (χ3v) is 2.37. The molecule has 1 aromatic heterocycles. The molecule has 0 fully saturated rings. The Kier molecular flexibility index (Phi) is 2.55. The molecule has 0 saturated heterocycles. The number of rotatable bonds is 2. The molecule has 5 nitrogen and oxygen atoms in total. The lowest BCUT2D eigenvalue weighted by Gasteiger charge is -2.19. The fourth-order valence-electron chi connectivity index (χ4n) is 1.37. The molecule has 78 valence electrons. The summed E-state index contributed by atoms with van der Waals surface area (Å²) in [5.74, 6) is -0.561. The van der Waals surface area contributed by atoms with Crippen molar-refractivity contribution < 1.29 is 9.90 Å². The number of halogens is 1. The highest BCUT2D eigenvalue weighted by molar-refractivity contribution is 6.33. The first-order chi connectivity index (χ1) is 7.20. The van der Waals surface area contributed by atoms with Crippen LogP contribution >= 0.6 is 11.6 Å². The van der Waals surface area contributed by atoms with Crippen LogP contribution in [0.2, 0.25) is 5.02 Å². The largest absolute Gasteiger partial charge is 0.480 e. The third-order valence-electron chi connectivity index (χ3n) is 2.07. The van der Waals surface area contributed by atoms with E-state index >= 15 is 0 Å². The van der Waals surface area contributed by atoms with Gasteiger partial charge in [-0.3, -0.25) is 0 Å². The normalized spacial score (nSPS) is 19.5. The Morgan fingerprint density at radius 3 is 3.13 bits per heavy atom. The van der Waals surface area contributed by atoms with Crippen LogP contribution in [0.15, 0.2) is 23.4 Å². The van der Waals surface area contributed by atoms with E-state index in [1.54, 1.807) is 24.5 Å². The maximum Gasteiger partial charge on any atom is 0.328 e. The van der Waals surface area contributed by atoms with Crippen molar-refractivity contribution in [2.24, 2.45) is 5.10 Å². The number of carboxylic acid groups (broad SMARTS) is 1. The number of pyridine rings is 1. The van der Waals surface area contributed by atoms with Crippen LogP contribution in [0, 0.1) is 0 Å². The second kappa shape index (κ2) is 3.86. The molecule has 6 heteroatoms. The maximum atomic E-state index is 10.9. The van der Waals surface area contributed by atoms with Crippen LogP contribution in [0.1, 0.15) is 6.42 Å². The zero-order valence-electron chi connectivity index (χ0n) is 7.67. The predicted octanol–water partition coefficient (Wildman–Crippen LogP) is 1.38. The van der Waals surface area contributed by atoms with E-state index in [0.29, 0.717) is 17.3 Å². The van der Waals surface area contributed by atoms with E-state index in [9.17, 15) is 4.79 Å². The minimum absolute atomic E-state index is 0.363. The Morgan fingerprint density at radius 2 is 2.47 bits per heavy atom. The van der Waals surface area contributed by atoms with E-state index in [0.717, 1.165) is 0 Å². The number of aromatic nitrogens is 1. The molecule has 1 aliphatic heterocycles. The smallest absolute Gasteiger partial charge is 0.328 e. The molecule has 2 rings (SSSR count). The number of aliphatic carboxylic acids is 1. The first-order valence-corrected chi connectivity index (χ1v) is 4.73. The first kappa shape index (κ1) is 9.92. The van der Waals surface area contributed by atoms with Crippen LogP contribution in [-0.2, 0) is 4.79 Å². The van der Waals surface area contributed by atoms with Crippen LogP contribution in [0.5, 0.6) is 0 Å². The molecular weight excluding hydrogens is 218 g/mol. The third kappa shape index (κ3) is 1.78. The molecule has 1 aliphatic rings. The van der Waals surface area contributed by atoms with E-state index in [1.165, 1.54) is 5.01 Å². The van der Waals surface area contributed by atoms with Crippen LogP contribution in [0.25, 0.3) is 0 Å². The van der Waals surface area contributed by atoms with Gasteiger partial charge in [0.1, 0.15) is 0 Å². The maximum absolute atomic E-state index is 10.9. The van der Waals surface area contributed by atoms with Crippen LogP contribution < -0.4 is 5.01 Å².